The van der Waals surface area contributed by atoms with Crippen molar-refractivity contribution in [3.63, 3.8) is 0 Å². The van der Waals surface area contributed by atoms with E-state index in [1.54, 1.807) is 0 Å². The van der Waals surface area contributed by atoms with Gasteiger partial charge in [0.05, 0.1) is 0 Å². The Morgan fingerprint density at radius 3 is 2.23 bits per heavy atom. The highest BCUT2D eigenvalue weighted by Crippen LogP contribution is 2.28. The van der Waals surface area contributed by atoms with Crippen LogP contribution in [0, 0.1) is 11.6 Å². The van der Waals surface area contributed by atoms with E-state index in [9.17, 15) is 17.6 Å². The van der Waals surface area contributed by atoms with Crippen LogP contribution in [0.1, 0.15) is 0 Å². The Morgan fingerprint density at radius 2 is 1.69 bits per heavy atom. The smallest absolute Gasteiger partial charge is 0.387 e. The van der Waals surface area contributed by atoms with Gasteiger partial charge in [0.1, 0.15) is 11.5 Å². The SMILES string of the molecule is Nc1c(F)ccc(F)c1OC(F)F. The number of alkyl halides is 2. The number of nitrogen functional groups attached to an aromatic ring is 1. The van der Waals surface area contributed by atoms with Gasteiger partial charge in [0.15, 0.2) is 11.6 Å². The van der Waals surface area contributed by atoms with E-state index in [0.717, 1.165) is 6.07 Å². The fraction of sp³-hybridized carbons (Fsp3) is 0.143. The quantitative estimate of drug-likeness (QED) is 0.579. The number of nitrogens with two attached hydrogens (primary N) is 1. The molecule has 6 heteroatoms. The molecule has 2 nitrogen and oxygen atoms in total. The van der Waals surface area contributed by atoms with E-state index in [1.807, 2.05) is 0 Å². The Bertz CT molecular complexity index is 316. The minimum Gasteiger partial charge on any atom is -0.429 e. The summed E-state index contributed by atoms with van der Waals surface area (Å²) in [6.45, 7) is -3.24. The Labute approximate surface area is 70.9 Å². The molecule has 1 aromatic rings. The summed E-state index contributed by atoms with van der Waals surface area (Å²) in [6.07, 6.45) is 0. The first-order valence-electron chi connectivity index (χ1n) is 3.20. The Morgan fingerprint density at radius 1 is 1.15 bits per heavy atom. The van der Waals surface area contributed by atoms with Crippen molar-refractivity contribution < 1.29 is 22.3 Å². The van der Waals surface area contributed by atoms with E-state index in [1.165, 1.54) is 0 Å². The minimum absolute atomic E-state index is 0.656. The summed E-state index contributed by atoms with van der Waals surface area (Å²) >= 11 is 0. The maximum Gasteiger partial charge on any atom is 0.387 e. The summed E-state index contributed by atoms with van der Waals surface area (Å²) < 4.78 is 52.3. The molecular formula is C7H5F4NO. The average molecular weight is 195 g/mol. The lowest BCUT2D eigenvalue weighted by Crippen LogP contribution is -2.07. The first-order chi connectivity index (χ1) is 6.02. The van der Waals surface area contributed by atoms with E-state index in [4.69, 9.17) is 5.73 Å². The summed E-state index contributed by atoms with van der Waals surface area (Å²) in [7, 11) is 0. The summed E-state index contributed by atoms with van der Waals surface area (Å²) in [5.41, 5.74) is 4.19. The van der Waals surface area contributed by atoms with E-state index < -0.39 is 29.7 Å². The van der Waals surface area contributed by atoms with Crippen molar-refractivity contribution in [1.29, 1.82) is 0 Å². The standard InChI is InChI=1S/C7H5F4NO/c8-3-1-2-4(9)6(5(3)12)13-7(10)11/h1-2,7H,12H2. The van der Waals surface area contributed by atoms with Crippen LogP contribution in [-0.4, -0.2) is 6.61 Å². The molecule has 0 heterocycles. The predicted octanol–water partition coefficient (Wildman–Crippen LogP) is 2.15. The van der Waals surface area contributed by atoms with Gasteiger partial charge in [-0.2, -0.15) is 8.78 Å². The normalized spacial score (nSPS) is 10.5. The van der Waals surface area contributed by atoms with Crippen molar-refractivity contribution in [2.24, 2.45) is 0 Å². The van der Waals surface area contributed by atoms with E-state index in [0.29, 0.717) is 6.07 Å². The van der Waals surface area contributed by atoms with Crippen molar-refractivity contribution >= 4 is 5.69 Å². The van der Waals surface area contributed by atoms with Crippen LogP contribution in [0.2, 0.25) is 0 Å². The van der Waals surface area contributed by atoms with Gasteiger partial charge in [-0.15, -0.1) is 0 Å². The molecule has 0 radical (unpaired) electrons. The van der Waals surface area contributed by atoms with Crippen molar-refractivity contribution in [3.05, 3.63) is 23.8 Å². The van der Waals surface area contributed by atoms with Crippen molar-refractivity contribution in [3.8, 4) is 5.75 Å². The third-order valence-corrected chi connectivity index (χ3v) is 1.30. The Hall–Kier alpha value is -1.46. The van der Waals surface area contributed by atoms with Gasteiger partial charge in [0.25, 0.3) is 0 Å². The van der Waals surface area contributed by atoms with Crippen LogP contribution in [0.4, 0.5) is 23.2 Å². The molecule has 0 amide bonds. The first-order valence-corrected chi connectivity index (χ1v) is 3.20. The zero-order valence-corrected chi connectivity index (χ0v) is 6.23. The third kappa shape index (κ3) is 2.01. The van der Waals surface area contributed by atoms with Crippen molar-refractivity contribution in [2.75, 3.05) is 5.73 Å². The maximum absolute atomic E-state index is 12.7. The first kappa shape index (κ1) is 9.63. The van der Waals surface area contributed by atoms with Crippen LogP contribution in [0.3, 0.4) is 0 Å². The second kappa shape index (κ2) is 3.51. The molecule has 0 fully saturated rings. The van der Waals surface area contributed by atoms with Gasteiger partial charge in [-0.3, -0.25) is 0 Å². The number of anilines is 1. The number of benzene rings is 1. The summed E-state index contributed by atoms with van der Waals surface area (Å²) in [4.78, 5) is 0. The fourth-order valence-electron chi connectivity index (χ4n) is 0.758. The molecule has 13 heavy (non-hydrogen) atoms. The molecule has 0 spiro atoms. The molecule has 1 aromatic carbocycles. The summed E-state index contributed by atoms with van der Waals surface area (Å²) in [5.74, 6) is -3.09. The molecule has 0 aliphatic heterocycles. The lowest BCUT2D eigenvalue weighted by Gasteiger charge is -2.08. The molecule has 0 aliphatic rings. The van der Waals surface area contributed by atoms with Crippen LogP contribution >= 0.6 is 0 Å². The van der Waals surface area contributed by atoms with E-state index in [-0.39, 0.29) is 0 Å². The second-order valence-corrected chi connectivity index (χ2v) is 2.15. The molecule has 0 aromatic heterocycles. The van der Waals surface area contributed by atoms with Crippen LogP contribution in [0.5, 0.6) is 5.75 Å². The molecule has 2 N–H and O–H groups in total. The van der Waals surface area contributed by atoms with Gasteiger partial charge in [-0.1, -0.05) is 0 Å². The largest absolute Gasteiger partial charge is 0.429 e. The Balaban J connectivity index is 3.10. The van der Waals surface area contributed by atoms with Crippen LogP contribution < -0.4 is 10.5 Å². The van der Waals surface area contributed by atoms with Crippen LogP contribution in [0.15, 0.2) is 12.1 Å². The summed E-state index contributed by atoms with van der Waals surface area (Å²) in [6, 6.07) is 1.38. The highest BCUT2D eigenvalue weighted by Gasteiger charge is 2.16. The van der Waals surface area contributed by atoms with Crippen LogP contribution in [-0.2, 0) is 0 Å². The van der Waals surface area contributed by atoms with E-state index in [2.05, 4.69) is 4.74 Å². The van der Waals surface area contributed by atoms with Gasteiger partial charge in [-0.25, -0.2) is 8.78 Å². The maximum atomic E-state index is 12.7. The zero-order chi connectivity index (χ0) is 10.0. The molecule has 0 aliphatic carbocycles. The number of hydrogen-bond acceptors (Lipinski definition) is 2. The molecule has 0 atom stereocenters. The van der Waals surface area contributed by atoms with Crippen molar-refractivity contribution in [1.82, 2.24) is 0 Å². The topological polar surface area (TPSA) is 35.2 Å². The van der Waals surface area contributed by atoms with Crippen molar-refractivity contribution in [2.45, 2.75) is 6.61 Å². The molecule has 0 unspecified atom stereocenters. The predicted molar refractivity (Wildman–Crippen MR) is 37.4 cm³/mol. The molecule has 1 rings (SSSR count). The van der Waals surface area contributed by atoms with E-state index >= 15 is 0 Å². The summed E-state index contributed by atoms with van der Waals surface area (Å²) in [5, 5.41) is 0. The second-order valence-electron chi connectivity index (χ2n) is 2.15. The number of ether oxygens (including phenoxy) is 1. The monoisotopic (exact) mass is 195 g/mol. The molecule has 0 saturated carbocycles. The molecule has 0 bridgehead atoms. The lowest BCUT2D eigenvalue weighted by atomic mass is 10.3. The van der Waals surface area contributed by atoms with Crippen LogP contribution in [0.25, 0.3) is 0 Å². The van der Waals surface area contributed by atoms with Gasteiger partial charge in [0, 0.05) is 0 Å². The number of rotatable bonds is 2. The van der Waals surface area contributed by atoms with Gasteiger partial charge in [-0.05, 0) is 12.1 Å². The van der Waals surface area contributed by atoms with Gasteiger partial charge >= 0.3 is 6.61 Å². The van der Waals surface area contributed by atoms with Gasteiger partial charge < -0.3 is 10.5 Å². The number of hydrogen-bond donors (Lipinski definition) is 1. The fourth-order valence-corrected chi connectivity index (χ4v) is 0.758. The minimum atomic E-state index is -3.24. The molecule has 72 valence electrons. The highest BCUT2D eigenvalue weighted by atomic mass is 19.3. The average Bonchev–Trinajstić information content (AvgIpc) is 2.05. The number of halogens is 4. The van der Waals surface area contributed by atoms with Gasteiger partial charge in [0.2, 0.25) is 0 Å². The molecular weight excluding hydrogens is 190 g/mol. The Kier molecular flexibility index (Phi) is 2.60. The molecule has 0 saturated heterocycles. The lowest BCUT2D eigenvalue weighted by molar-refractivity contribution is -0.0517. The highest BCUT2D eigenvalue weighted by molar-refractivity contribution is 5.54. The zero-order valence-electron chi connectivity index (χ0n) is 6.23. The third-order valence-electron chi connectivity index (χ3n) is 1.30.